The predicted molar refractivity (Wildman–Crippen MR) is 117 cm³/mol. The molecule has 0 saturated carbocycles. The van der Waals surface area contributed by atoms with Gasteiger partial charge in [0.1, 0.15) is 10.8 Å². The lowest BCUT2D eigenvalue weighted by Gasteiger charge is -2.18. The summed E-state index contributed by atoms with van der Waals surface area (Å²) in [5.74, 6) is -1.18. The minimum absolute atomic E-state index is 0.0659. The summed E-state index contributed by atoms with van der Waals surface area (Å²) in [5.41, 5.74) is 1.45. The third kappa shape index (κ3) is 3.69. The average Bonchev–Trinajstić information content (AvgIpc) is 2.71. The van der Waals surface area contributed by atoms with Crippen molar-refractivity contribution in [2.75, 3.05) is 0 Å². The lowest BCUT2D eigenvalue weighted by Crippen LogP contribution is -2.28. The normalized spacial score (nSPS) is 11.0. The summed E-state index contributed by atoms with van der Waals surface area (Å²) >= 11 is 9.27. The second-order valence-electron chi connectivity index (χ2n) is 6.47. The van der Waals surface area contributed by atoms with Crippen LogP contribution in [0.15, 0.2) is 76.1 Å². The summed E-state index contributed by atoms with van der Waals surface area (Å²) in [5, 5.41) is 11.4. The molecule has 0 atom stereocenters. The van der Waals surface area contributed by atoms with Gasteiger partial charge in [0.25, 0.3) is 5.56 Å². The molecule has 4 aromatic rings. The summed E-state index contributed by atoms with van der Waals surface area (Å²) in [6.07, 6.45) is 1.54. The zero-order valence-corrected chi connectivity index (χ0v) is 17.3. The van der Waals surface area contributed by atoms with E-state index in [2.05, 4.69) is 20.9 Å². The molecule has 0 bridgehead atoms. The molecule has 4 rings (SSSR count). The number of hydrogen-bond donors (Lipinski definition) is 1. The van der Waals surface area contributed by atoms with Gasteiger partial charge < -0.3 is 5.11 Å². The number of benzene rings is 2. The topological polar surface area (TPSA) is 72.2 Å². The first-order valence-electron chi connectivity index (χ1n) is 8.71. The second kappa shape index (κ2) is 7.81. The fourth-order valence-electron chi connectivity index (χ4n) is 3.37. The van der Waals surface area contributed by atoms with Gasteiger partial charge in [0.2, 0.25) is 0 Å². The molecule has 1 N–H and O–H groups in total. The van der Waals surface area contributed by atoms with Gasteiger partial charge >= 0.3 is 5.97 Å². The monoisotopic (exact) mass is 468 g/mol. The van der Waals surface area contributed by atoms with E-state index < -0.39 is 5.97 Å². The van der Waals surface area contributed by atoms with Crippen molar-refractivity contribution in [3.8, 4) is 11.1 Å². The molecule has 0 radical (unpaired) electrons. The molecule has 5 nitrogen and oxygen atoms in total. The van der Waals surface area contributed by atoms with Gasteiger partial charge in [-0.2, -0.15) is 0 Å². The standard InChI is InChI=1S/C22H14BrClN2O3/c23-15-7-8-16-17(10-15)19(14-4-2-1-3-5-14)20(22(28)29)26(21(16)27)12-13-6-9-18(24)25-11-13/h1-11H,12H2,(H,28,29). The zero-order chi connectivity index (χ0) is 20.5. The van der Waals surface area contributed by atoms with Gasteiger partial charge in [0.15, 0.2) is 0 Å². The van der Waals surface area contributed by atoms with Gasteiger partial charge in [-0.15, -0.1) is 0 Å². The molecule has 0 spiro atoms. The third-order valence-corrected chi connectivity index (χ3v) is 5.34. The molecule has 144 valence electrons. The van der Waals surface area contributed by atoms with Crippen molar-refractivity contribution >= 4 is 44.3 Å². The highest BCUT2D eigenvalue weighted by Gasteiger charge is 2.23. The molecule has 29 heavy (non-hydrogen) atoms. The molecule has 0 amide bonds. The smallest absolute Gasteiger partial charge is 0.353 e. The van der Waals surface area contributed by atoms with Crippen LogP contribution >= 0.6 is 27.5 Å². The van der Waals surface area contributed by atoms with E-state index in [0.717, 1.165) is 10.0 Å². The zero-order valence-electron chi connectivity index (χ0n) is 15.0. The van der Waals surface area contributed by atoms with Crippen molar-refractivity contribution in [1.82, 2.24) is 9.55 Å². The molecule has 2 aromatic heterocycles. The number of pyridine rings is 2. The first-order valence-corrected chi connectivity index (χ1v) is 9.88. The van der Waals surface area contributed by atoms with Crippen LogP contribution in [0.5, 0.6) is 0 Å². The number of rotatable bonds is 4. The SMILES string of the molecule is O=C(O)c1c(-c2ccccc2)c2cc(Br)ccc2c(=O)n1Cc1ccc(Cl)nc1. The first-order chi connectivity index (χ1) is 14.0. The highest BCUT2D eigenvalue weighted by atomic mass is 79.9. The molecule has 0 fully saturated rings. The molecule has 0 aliphatic carbocycles. The van der Waals surface area contributed by atoms with Crippen molar-refractivity contribution in [2.45, 2.75) is 6.54 Å². The minimum atomic E-state index is -1.18. The molecule has 0 unspecified atom stereocenters. The number of carboxylic acid groups (broad SMARTS) is 1. The Kier molecular flexibility index (Phi) is 5.22. The lowest BCUT2D eigenvalue weighted by molar-refractivity contribution is 0.0685. The summed E-state index contributed by atoms with van der Waals surface area (Å²) in [6.45, 7) is 0.0659. The minimum Gasteiger partial charge on any atom is -0.477 e. The molecule has 0 aliphatic heterocycles. The summed E-state index contributed by atoms with van der Waals surface area (Å²) in [6, 6.07) is 17.8. The van der Waals surface area contributed by atoms with Gasteiger partial charge in [-0.1, -0.05) is 63.9 Å². The Hall–Kier alpha value is -2.96. The largest absolute Gasteiger partial charge is 0.477 e. The molecule has 0 aliphatic rings. The third-order valence-electron chi connectivity index (χ3n) is 4.63. The van der Waals surface area contributed by atoms with Crippen molar-refractivity contribution < 1.29 is 9.90 Å². The van der Waals surface area contributed by atoms with Crippen molar-refractivity contribution in [3.05, 3.63) is 98.1 Å². The van der Waals surface area contributed by atoms with Crippen LogP contribution < -0.4 is 5.56 Å². The summed E-state index contributed by atoms with van der Waals surface area (Å²) in [4.78, 5) is 29.6. The Morgan fingerprint density at radius 1 is 1.07 bits per heavy atom. The van der Waals surface area contributed by atoms with E-state index in [-0.39, 0.29) is 17.8 Å². The Morgan fingerprint density at radius 3 is 2.48 bits per heavy atom. The average molecular weight is 470 g/mol. The molecule has 0 saturated heterocycles. The highest BCUT2D eigenvalue weighted by molar-refractivity contribution is 9.10. The fraction of sp³-hybridized carbons (Fsp3) is 0.0455. The second-order valence-corrected chi connectivity index (χ2v) is 7.77. The van der Waals surface area contributed by atoms with E-state index >= 15 is 0 Å². The summed E-state index contributed by atoms with van der Waals surface area (Å²) < 4.78 is 2.05. The fourth-order valence-corrected chi connectivity index (χ4v) is 3.84. The number of aromatic nitrogens is 2. The maximum absolute atomic E-state index is 13.3. The van der Waals surface area contributed by atoms with E-state index in [9.17, 15) is 14.7 Å². The van der Waals surface area contributed by atoms with Crippen molar-refractivity contribution in [2.24, 2.45) is 0 Å². The number of hydrogen-bond acceptors (Lipinski definition) is 3. The van der Waals surface area contributed by atoms with Crippen molar-refractivity contribution in [3.63, 3.8) is 0 Å². The van der Waals surface area contributed by atoms with Gasteiger partial charge in [-0.25, -0.2) is 9.78 Å². The van der Waals surface area contributed by atoms with Gasteiger partial charge in [0, 0.05) is 21.6 Å². The van der Waals surface area contributed by atoms with Crippen LogP contribution in [-0.2, 0) is 6.54 Å². The molecule has 7 heteroatoms. The van der Waals surface area contributed by atoms with E-state index in [1.165, 1.54) is 10.8 Å². The quantitative estimate of drug-likeness (QED) is 0.416. The van der Waals surface area contributed by atoms with E-state index in [1.54, 1.807) is 30.3 Å². The Balaban J connectivity index is 2.10. The molecule has 2 aromatic carbocycles. The molecular weight excluding hydrogens is 456 g/mol. The summed E-state index contributed by atoms with van der Waals surface area (Å²) in [7, 11) is 0. The number of aromatic carboxylic acids is 1. The van der Waals surface area contributed by atoms with Gasteiger partial charge in [-0.05, 0) is 40.8 Å². The maximum Gasteiger partial charge on any atom is 0.353 e. The van der Waals surface area contributed by atoms with Crippen LogP contribution in [0, 0.1) is 0 Å². The molecular formula is C22H14BrClN2O3. The highest BCUT2D eigenvalue weighted by Crippen LogP contribution is 2.32. The predicted octanol–water partition coefficient (Wildman–Crippen LogP) is 5.23. The van der Waals surface area contributed by atoms with E-state index in [1.807, 2.05) is 30.3 Å². The Labute approximate surface area is 179 Å². The Morgan fingerprint density at radius 2 is 1.83 bits per heavy atom. The number of carbonyl (C=O) groups is 1. The van der Waals surface area contributed by atoms with E-state index in [0.29, 0.717) is 27.1 Å². The first kappa shape index (κ1) is 19.4. The van der Waals surface area contributed by atoms with Crippen LogP contribution in [0.1, 0.15) is 16.1 Å². The Bertz CT molecular complexity index is 1290. The van der Waals surface area contributed by atoms with Crippen LogP contribution in [0.3, 0.4) is 0 Å². The number of fused-ring (bicyclic) bond motifs is 1. The number of halogens is 2. The van der Waals surface area contributed by atoms with E-state index in [4.69, 9.17) is 11.6 Å². The van der Waals surface area contributed by atoms with Crippen LogP contribution in [0.25, 0.3) is 21.9 Å². The number of nitrogens with zero attached hydrogens (tertiary/aromatic N) is 2. The van der Waals surface area contributed by atoms with Gasteiger partial charge in [-0.3, -0.25) is 9.36 Å². The maximum atomic E-state index is 13.3. The molecule has 2 heterocycles. The van der Waals surface area contributed by atoms with Crippen LogP contribution in [0.2, 0.25) is 5.15 Å². The van der Waals surface area contributed by atoms with Gasteiger partial charge in [0.05, 0.1) is 6.54 Å². The van der Waals surface area contributed by atoms with Crippen LogP contribution in [-0.4, -0.2) is 20.6 Å². The van der Waals surface area contributed by atoms with Crippen LogP contribution in [0.4, 0.5) is 0 Å². The lowest BCUT2D eigenvalue weighted by atomic mass is 9.96. The van der Waals surface area contributed by atoms with Crippen molar-refractivity contribution in [1.29, 1.82) is 0 Å². The number of carboxylic acids is 1.